The van der Waals surface area contributed by atoms with Crippen LogP contribution in [0.15, 0.2) is 36.7 Å². The van der Waals surface area contributed by atoms with Gasteiger partial charge in [-0.1, -0.05) is 17.7 Å². The average molecular weight is 409 g/mol. The van der Waals surface area contributed by atoms with Crippen LogP contribution in [0, 0.1) is 0 Å². The van der Waals surface area contributed by atoms with Gasteiger partial charge >= 0.3 is 0 Å². The summed E-state index contributed by atoms with van der Waals surface area (Å²) in [6.07, 6.45) is 5.72. The van der Waals surface area contributed by atoms with E-state index in [0.29, 0.717) is 30.3 Å². The minimum atomic E-state index is 0.432. The van der Waals surface area contributed by atoms with Gasteiger partial charge in [0.1, 0.15) is 11.3 Å². The van der Waals surface area contributed by atoms with Gasteiger partial charge in [-0.15, -0.1) is 5.10 Å². The zero-order valence-corrected chi connectivity index (χ0v) is 16.5. The predicted octanol–water partition coefficient (Wildman–Crippen LogP) is 2.50. The molecule has 0 saturated carbocycles. The van der Waals surface area contributed by atoms with Gasteiger partial charge in [0.2, 0.25) is 5.65 Å². The predicted molar refractivity (Wildman–Crippen MR) is 112 cm³/mol. The van der Waals surface area contributed by atoms with Crippen LogP contribution in [-0.2, 0) is 13.0 Å². The third-order valence-electron chi connectivity index (χ3n) is 5.33. The highest BCUT2D eigenvalue weighted by molar-refractivity contribution is 6.30. The molecule has 0 bridgehead atoms. The zero-order chi connectivity index (χ0) is 19.8. The van der Waals surface area contributed by atoms with Crippen molar-refractivity contribution < 1.29 is 0 Å². The van der Waals surface area contributed by atoms with Crippen molar-refractivity contribution in [1.82, 2.24) is 35.5 Å². The van der Waals surface area contributed by atoms with Crippen molar-refractivity contribution in [2.24, 2.45) is 0 Å². The number of nitrogens with one attached hydrogen (secondary N) is 2. The second-order valence-corrected chi connectivity index (χ2v) is 7.94. The Kier molecular flexibility index (Phi) is 4.65. The maximum absolute atomic E-state index is 6.38. The van der Waals surface area contributed by atoms with Crippen molar-refractivity contribution in [3.8, 4) is 0 Å². The molecule has 4 heterocycles. The highest BCUT2D eigenvalue weighted by Crippen LogP contribution is 2.27. The van der Waals surface area contributed by atoms with Crippen LogP contribution in [0.3, 0.4) is 0 Å². The van der Waals surface area contributed by atoms with E-state index in [9.17, 15) is 0 Å². The minimum Gasteiger partial charge on any atom is -0.384 e. The highest BCUT2D eigenvalue weighted by Gasteiger charge is 2.17. The molecule has 8 nitrogen and oxygen atoms in total. The molecule has 1 aliphatic heterocycles. The summed E-state index contributed by atoms with van der Waals surface area (Å²) in [4.78, 5) is 4.18. The molecule has 0 radical (unpaired) electrons. The van der Waals surface area contributed by atoms with Gasteiger partial charge in [0, 0.05) is 24.2 Å². The molecule has 4 N–H and O–H groups in total. The van der Waals surface area contributed by atoms with Gasteiger partial charge in [-0.3, -0.25) is 4.68 Å². The lowest BCUT2D eigenvalue weighted by molar-refractivity contribution is 0.683. The van der Waals surface area contributed by atoms with Crippen molar-refractivity contribution in [2.45, 2.75) is 25.3 Å². The number of halogens is 1. The van der Waals surface area contributed by atoms with E-state index in [4.69, 9.17) is 17.3 Å². The summed E-state index contributed by atoms with van der Waals surface area (Å²) < 4.78 is 1.93. The van der Waals surface area contributed by atoms with Crippen LogP contribution in [0.1, 0.15) is 34.6 Å². The van der Waals surface area contributed by atoms with Crippen LogP contribution in [-0.4, -0.2) is 43.3 Å². The molecule has 1 saturated heterocycles. The summed E-state index contributed by atoms with van der Waals surface area (Å²) in [6, 6.07) is 8.17. The van der Waals surface area contributed by atoms with E-state index in [0.717, 1.165) is 46.7 Å². The number of aromatic amines is 1. The molecule has 29 heavy (non-hydrogen) atoms. The Morgan fingerprint density at radius 1 is 1.17 bits per heavy atom. The number of nitrogens with zero attached hydrogens (tertiary/aromatic N) is 5. The summed E-state index contributed by atoms with van der Waals surface area (Å²) in [5.74, 6) is 0.962. The van der Waals surface area contributed by atoms with Crippen LogP contribution in [0.5, 0.6) is 0 Å². The number of hydrogen-bond acceptors (Lipinski definition) is 6. The number of benzene rings is 1. The Labute approximate surface area is 172 Å². The first-order chi connectivity index (χ1) is 14.1. The summed E-state index contributed by atoms with van der Waals surface area (Å²) in [5, 5.41) is 19.5. The van der Waals surface area contributed by atoms with Crippen LogP contribution in [0.25, 0.3) is 11.2 Å². The first kappa shape index (κ1) is 18.1. The summed E-state index contributed by atoms with van der Waals surface area (Å²) >= 11 is 6.38. The maximum atomic E-state index is 6.38. The van der Waals surface area contributed by atoms with Crippen LogP contribution in [0.2, 0.25) is 5.02 Å². The van der Waals surface area contributed by atoms with E-state index in [1.165, 1.54) is 5.56 Å². The van der Waals surface area contributed by atoms with Crippen LogP contribution in [0.4, 0.5) is 5.82 Å². The molecular weight excluding hydrogens is 388 g/mol. The van der Waals surface area contributed by atoms with Crippen LogP contribution < -0.4 is 11.1 Å². The van der Waals surface area contributed by atoms with Crippen molar-refractivity contribution in [3.05, 3.63) is 63.9 Å². The Morgan fingerprint density at radius 2 is 2.10 bits per heavy atom. The fourth-order valence-electron chi connectivity index (χ4n) is 3.99. The van der Waals surface area contributed by atoms with E-state index in [1.54, 1.807) is 0 Å². The first-order valence-corrected chi connectivity index (χ1v) is 9.99. The van der Waals surface area contributed by atoms with Gasteiger partial charge in [0.15, 0.2) is 0 Å². The molecule has 0 spiro atoms. The lowest BCUT2D eigenvalue weighted by Gasteiger charge is -2.12. The van der Waals surface area contributed by atoms with Gasteiger partial charge in [0.25, 0.3) is 0 Å². The largest absolute Gasteiger partial charge is 0.384 e. The number of pyridine rings is 1. The van der Waals surface area contributed by atoms with Gasteiger partial charge in [-0.2, -0.15) is 15.4 Å². The topological polar surface area (TPSA) is 110 Å². The summed E-state index contributed by atoms with van der Waals surface area (Å²) in [5.41, 5.74) is 11.6. The summed E-state index contributed by atoms with van der Waals surface area (Å²) in [7, 11) is 0. The molecule has 3 aromatic heterocycles. The smallest absolute Gasteiger partial charge is 0.203 e. The zero-order valence-electron chi connectivity index (χ0n) is 15.8. The molecule has 1 aliphatic rings. The Morgan fingerprint density at radius 3 is 2.97 bits per heavy atom. The lowest BCUT2D eigenvalue weighted by atomic mass is 9.96. The molecule has 0 aliphatic carbocycles. The van der Waals surface area contributed by atoms with Gasteiger partial charge in [-0.25, -0.2) is 4.98 Å². The fourth-order valence-corrected chi connectivity index (χ4v) is 4.25. The monoisotopic (exact) mass is 408 g/mol. The van der Waals surface area contributed by atoms with Gasteiger partial charge in [-0.05, 0) is 59.3 Å². The Balaban J connectivity index is 1.36. The number of H-pyrrole nitrogens is 1. The number of nitrogens with two attached hydrogens (primary N) is 1. The number of hydrogen-bond donors (Lipinski definition) is 3. The van der Waals surface area contributed by atoms with E-state index in [2.05, 4.69) is 42.9 Å². The molecule has 0 unspecified atom stereocenters. The third kappa shape index (κ3) is 3.81. The molecule has 9 heteroatoms. The molecule has 0 amide bonds. The molecule has 1 aromatic carbocycles. The fraction of sp³-hybridized carbons (Fsp3) is 0.300. The molecule has 5 rings (SSSR count). The molecule has 1 fully saturated rings. The van der Waals surface area contributed by atoms with Crippen molar-refractivity contribution in [1.29, 1.82) is 0 Å². The van der Waals surface area contributed by atoms with Crippen LogP contribution >= 0.6 is 11.6 Å². The number of rotatable bonds is 5. The van der Waals surface area contributed by atoms with E-state index < -0.39 is 0 Å². The Hall–Kier alpha value is -2.97. The average Bonchev–Trinajstić information content (AvgIpc) is 3.43. The van der Waals surface area contributed by atoms with E-state index in [-0.39, 0.29) is 0 Å². The third-order valence-corrected chi connectivity index (χ3v) is 5.55. The number of fused-ring (bicyclic) bond motifs is 1. The SMILES string of the molecule is Nc1cc(Cc2cnn(Cc3cc(Cl)cc([C@@H]4CCNC4)c3)c2)c2n[nH]nc2n1. The van der Waals surface area contributed by atoms with Gasteiger partial charge < -0.3 is 11.1 Å². The number of nitrogen functional groups attached to an aromatic ring is 1. The first-order valence-electron chi connectivity index (χ1n) is 9.61. The molecule has 1 atom stereocenters. The minimum absolute atomic E-state index is 0.432. The lowest BCUT2D eigenvalue weighted by Crippen LogP contribution is -2.08. The van der Waals surface area contributed by atoms with Gasteiger partial charge in [0.05, 0.1) is 12.7 Å². The second-order valence-electron chi connectivity index (χ2n) is 7.51. The normalized spacial score (nSPS) is 16.7. The quantitative estimate of drug-likeness (QED) is 0.468. The number of aromatic nitrogens is 6. The maximum Gasteiger partial charge on any atom is 0.203 e. The van der Waals surface area contributed by atoms with E-state index >= 15 is 0 Å². The van der Waals surface area contributed by atoms with Crippen molar-refractivity contribution in [3.63, 3.8) is 0 Å². The molecular formula is C20H21ClN8. The molecule has 4 aromatic rings. The Bertz CT molecular complexity index is 1160. The second kappa shape index (κ2) is 7.46. The summed E-state index contributed by atoms with van der Waals surface area (Å²) in [6.45, 7) is 2.75. The standard InChI is InChI=1S/C20H21ClN8/c21-17-5-12(3-15(6-17)14-1-2-23-9-14)10-29-11-13(8-24-29)4-16-7-18(22)25-20-19(16)26-28-27-20/h3,5-8,11,14,23H,1-2,4,9-10H2,(H3,22,25,26,27,28)/t14-/m1/s1. The molecule has 148 valence electrons. The van der Waals surface area contributed by atoms with Crippen molar-refractivity contribution >= 4 is 28.6 Å². The van der Waals surface area contributed by atoms with E-state index in [1.807, 2.05) is 29.2 Å². The highest BCUT2D eigenvalue weighted by atomic mass is 35.5. The number of anilines is 1. The van der Waals surface area contributed by atoms with Crippen molar-refractivity contribution in [2.75, 3.05) is 18.8 Å².